The molecule has 0 aromatic heterocycles. The molecule has 2 N–H and O–H groups in total. The van der Waals surface area contributed by atoms with Gasteiger partial charge >= 0.3 is 0 Å². The van der Waals surface area contributed by atoms with E-state index in [1.165, 1.54) is 18.4 Å². The van der Waals surface area contributed by atoms with Gasteiger partial charge in [0.05, 0.1) is 17.8 Å². The molecule has 128 valence electrons. The summed E-state index contributed by atoms with van der Waals surface area (Å²) in [5.41, 5.74) is 10.3. The second-order valence-corrected chi connectivity index (χ2v) is 6.60. The van der Waals surface area contributed by atoms with Gasteiger partial charge in [-0.15, -0.1) is 0 Å². The number of benzene rings is 2. The fraction of sp³-hybridized carbons (Fsp3) is 0.300. The zero-order valence-corrected chi connectivity index (χ0v) is 15.1. The minimum atomic E-state index is 0.242. The topological polar surface area (TPSA) is 51.1 Å². The van der Waals surface area contributed by atoms with Crippen LogP contribution in [0.1, 0.15) is 37.3 Å². The van der Waals surface area contributed by atoms with E-state index < -0.39 is 0 Å². The van der Waals surface area contributed by atoms with Crippen LogP contribution < -0.4 is 10.9 Å². The fourth-order valence-corrected chi connectivity index (χ4v) is 3.31. The van der Waals surface area contributed by atoms with Gasteiger partial charge in [-0.25, -0.2) is 5.43 Å². The molecule has 1 aliphatic heterocycles. The van der Waals surface area contributed by atoms with Crippen molar-refractivity contribution in [2.75, 3.05) is 0 Å². The second-order valence-electron chi connectivity index (χ2n) is 6.21. The maximum absolute atomic E-state index is 9.27. The zero-order chi connectivity index (χ0) is 17.6. The quantitative estimate of drug-likeness (QED) is 0.773. The molecule has 1 heterocycles. The Balaban J connectivity index is 1.74. The van der Waals surface area contributed by atoms with Gasteiger partial charge in [-0.3, -0.25) is 5.43 Å². The van der Waals surface area contributed by atoms with Crippen LogP contribution in [-0.2, 0) is 6.54 Å². The van der Waals surface area contributed by atoms with Crippen molar-refractivity contribution < 1.29 is 0 Å². The minimum absolute atomic E-state index is 0.242. The lowest BCUT2D eigenvalue weighted by Crippen LogP contribution is -2.36. The third-order valence-corrected chi connectivity index (χ3v) is 4.82. The third kappa shape index (κ3) is 3.98. The van der Waals surface area contributed by atoms with E-state index in [0.29, 0.717) is 5.56 Å². The minimum Gasteiger partial charge on any atom is -0.327 e. The number of hydrogen-bond donors (Lipinski definition) is 2. The van der Waals surface area contributed by atoms with Crippen LogP contribution in [0.2, 0.25) is 0 Å². The Kier molecular flexibility index (Phi) is 5.64. The molecule has 0 spiro atoms. The molecule has 0 radical (unpaired) electrons. The molecule has 1 unspecified atom stereocenters. The van der Waals surface area contributed by atoms with Crippen molar-refractivity contribution in [3.63, 3.8) is 0 Å². The van der Waals surface area contributed by atoms with Gasteiger partial charge in [0.2, 0.25) is 0 Å². The van der Waals surface area contributed by atoms with Crippen LogP contribution in [0.15, 0.2) is 48.5 Å². The van der Waals surface area contributed by atoms with Gasteiger partial charge in [-0.05, 0) is 41.4 Å². The van der Waals surface area contributed by atoms with E-state index in [1.807, 2.05) is 24.3 Å². The summed E-state index contributed by atoms with van der Waals surface area (Å²) < 4.78 is 0. The van der Waals surface area contributed by atoms with E-state index >= 15 is 0 Å². The normalized spacial score (nSPS) is 16.6. The average Bonchev–Trinajstić information content (AvgIpc) is 3.00. The predicted octanol–water partition coefficient (Wildman–Crippen LogP) is 3.94. The fourth-order valence-electron chi connectivity index (χ4n) is 3.06. The maximum atomic E-state index is 9.27. The van der Waals surface area contributed by atoms with Crippen LogP contribution in [0.3, 0.4) is 0 Å². The van der Waals surface area contributed by atoms with Gasteiger partial charge in [-0.2, -0.15) is 5.26 Å². The van der Waals surface area contributed by atoms with Gasteiger partial charge in [0.15, 0.2) is 5.11 Å². The van der Waals surface area contributed by atoms with Crippen molar-refractivity contribution in [2.45, 2.75) is 38.9 Å². The van der Waals surface area contributed by atoms with E-state index in [9.17, 15) is 5.26 Å². The number of nitriles is 1. The first-order valence-corrected chi connectivity index (χ1v) is 9.04. The molecule has 1 fully saturated rings. The summed E-state index contributed by atoms with van der Waals surface area (Å²) in [6, 6.07) is 18.3. The van der Waals surface area contributed by atoms with E-state index in [2.05, 4.69) is 53.0 Å². The van der Waals surface area contributed by atoms with Crippen LogP contribution >= 0.6 is 12.2 Å². The number of nitrogens with one attached hydrogen (secondary N) is 2. The number of thiocarbonyl (C=S) groups is 1. The Morgan fingerprint density at radius 1 is 1.16 bits per heavy atom. The van der Waals surface area contributed by atoms with Crippen molar-refractivity contribution in [3.8, 4) is 17.2 Å². The summed E-state index contributed by atoms with van der Waals surface area (Å²) in [4.78, 5) is 2.20. The van der Waals surface area contributed by atoms with E-state index in [1.54, 1.807) is 0 Å². The van der Waals surface area contributed by atoms with Crippen molar-refractivity contribution in [1.29, 1.82) is 5.26 Å². The molecule has 2 aromatic carbocycles. The summed E-state index contributed by atoms with van der Waals surface area (Å²) in [5, 5.41) is 10.0. The Morgan fingerprint density at radius 2 is 1.92 bits per heavy atom. The second kappa shape index (κ2) is 8.11. The molecule has 4 nitrogen and oxygen atoms in total. The Hall–Kier alpha value is -2.42. The molecule has 0 aliphatic carbocycles. The van der Waals surface area contributed by atoms with E-state index in [-0.39, 0.29) is 6.17 Å². The lowest BCUT2D eigenvalue weighted by atomic mass is 9.99. The number of hydrazine groups is 1. The van der Waals surface area contributed by atoms with Crippen molar-refractivity contribution in [1.82, 2.24) is 15.8 Å². The lowest BCUT2D eigenvalue weighted by Gasteiger charge is -2.24. The average molecular weight is 350 g/mol. The van der Waals surface area contributed by atoms with Crippen LogP contribution in [0.4, 0.5) is 0 Å². The van der Waals surface area contributed by atoms with Crippen molar-refractivity contribution >= 4 is 17.3 Å². The number of nitrogens with zero attached hydrogens (tertiary/aromatic N) is 2. The summed E-state index contributed by atoms with van der Waals surface area (Å²) in [6.07, 6.45) is 3.65. The highest BCUT2D eigenvalue weighted by Crippen LogP contribution is 2.24. The predicted molar refractivity (Wildman–Crippen MR) is 104 cm³/mol. The first kappa shape index (κ1) is 17.4. The molecule has 25 heavy (non-hydrogen) atoms. The van der Waals surface area contributed by atoms with Crippen LogP contribution in [0.5, 0.6) is 0 Å². The first-order chi connectivity index (χ1) is 12.2. The highest BCUT2D eigenvalue weighted by molar-refractivity contribution is 7.80. The molecular formula is C20H22N4S. The van der Waals surface area contributed by atoms with Crippen molar-refractivity contribution in [3.05, 3.63) is 59.7 Å². The van der Waals surface area contributed by atoms with Gasteiger partial charge in [0.25, 0.3) is 0 Å². The van der Waals surface area contributed by atoms with E-state index in [0.717, 1.165) is 29.2 Å². The largest absolute Gasteiger partial charge is 0.327 e. The standard InChI is InChI=1S/C20H22N4S/c1-2-3-8-19-22-23-20(25)24(19)14-15-9-11-16(12-10-15)18-7-5-4-6-17(18)13-21/h4-7,9-12,19,22H,2-3,8,14H2,1H3,(H,23,25). The first-order valence-electron chi connectivity index (χ1n) is 8.63. The third-order valence-electron chi connectivity index (χ3n) is 4.48. The Morgan fingerprint density at radius 3 is 2.64 bits per heavy atom. The van der Waals surface area contributed by atoms with Crippen molar-refractivity contribution in [2.24, 2.45) is 0 Å². The number of hydrogen-bond acceptors (Lipinski definition) is 3. The molecule has 1 saturated heterocycles. The van der Waals surface area contributed by atoms with Crippen LogP contribution in [0.25, 0.3) is 11.1 Å². The highest BCUT2D eigenvalue weighted by atomic mass is 32.1. The summed E-state index contributed by atoms with van der Waals surface area (Å²) in [5.74, 6) is 0. The lowest BCUT2D eigenvalue weighted by molar-refractivity contribution is 0.280. The molecule has 0 saturated carbocycles. The summed E-state index contributed by atoms with van der Waals surface area (Å²) in [6.45, 7) is 2.97. The van der Waals surface area contributed by atoms with Crippen LogP contribution in [-0.4, -0.2) is 16.2 Å². The Bertz CT molecular complexity index is 779. The number of unbranched alkanes of at least 4 members (excludes halogenated alkanes) is 1. The van der Waals surface area contributed by atoms with Gasteiger partial charge in [-0.1, -0.05) is 62.2 Å². The molecular weight excluding hydrogens is 328 g/mol. The SMILES string of the molecule is CCCCC1NNC(=S)N1Cc1ccc(-c2ccccc2C#N)cc1. The molecule has 2 aromatic rings. The van der Waals surface area contributed by atoms with Gasteiger partial charge in [0.1, 0.15) is 0 Å². The van der Waals surface area contributed by atoms with E-state index in [4.69, 9.17) is 12.2 Å². The summed E-state index contributed by atoms with van der Waals surface area (Å²) in [7, 11) is 0. The smallest absolute Gasteiger partial charge is 0.185 e. The highest BCUT2D eigenvalue weighted by Gasteiger charge is 2.26. The molecule has 5 heteroatoms. The molecule has 0 amide bonds. The van der Waals surface area contributed by atoms with Crippen LogP contribution in [0, 0.1) is 11.3 Å². The molecule has 0 bridgehead atoms. The molecule has 1 atom stereocenters. The number of rotatable bonds is 6. The molecule has 3 rings (SSSR count). The monoisotopic (exact) mass is 350 g/mol. The van der Waals surface area contributed by atoms with Gasteiger partial charge in [0, 0.05) is 6.54 Å². The Labute approximate surface area is 154 Å². The molecule has 1 aliphatic rings. The van der Waals surface area contributed by atoms with Gasteiger partial charge < -0.3 is 4.90 Å². The maximum Gasteiger partial charge on any atom is 0.185 e. The zero-order valence-electron chi connectivity index (χ0n) is 14.3. The summed E-state index contributed by atoms with van der Waals surface area (Å²) >= 11 is 5.42.